The van der Waals surface area contributed by atoms with E-state index < -0.39 is 0 Å². The van der Waals surface area contributed by atoms with Gasteiger partial charge < -0.3 is 10.5 Å². The fraction of sp³-hybridized carbons (Fsp3) is 0.333. The van der Waals surface area contributed by atoms with E-state index in [0.717, 1.165) is 30.8 Å². The van der Waals surface area contributed by atoms with Crippen LogP contribution < -0.4 is 10.5 Å². The quantitative estimate of drug-likeness (QED) is 0.724. The van der Waals surface area contributed by atoms with Crippen LogP contribution in [0.1, 0.15) is 23.6 Å². The van der Waals surface area contributed by atoms with Crippen LogP contribution in [0.15, 0.2) is 30.9 Å². The average molecular weight is 189 g/mol. The molecule has 0 aliphatic carbocycles. The molecule has 1 aromatic rings. The molecular weight excluding hydrogens is 174 g/mol. The maximum Gasteiger partial charge on any atom is 0.127 e. The number of fused-ring (bicyclic) bond motifs is 1. The van der Waals surface area contributed by atoms with Crippen molar-refractivity contribution in [2.24, 2.45) is 5.73 Å². The first-order valence-electron chi connectivity index (χ1n) is 4.94. The van der Waals surface area contributed by atoms with Crippen LogP contribution in [0.2, 0.25) is 0 Å². The van der Waals surface area contributed by atoms with Crippen LogP contribution in [0.5, 0.6) is 5.75 Å². The molecule has 2 rings (SSSR count). The Morgan fingerprint density at radius 2 is 2.43 bits per heavy atom. The van der Waals surface area contributed by atoms with Crippen LogP contribution in [0, 0.1) is 0 Å². The molecule has 74 valence electrons. The van der Waals surface area contributed by atoms with E-state index in [1.807, 2.05) is 18.2 Å². The van der Waals surface area contributed by atoms with Crippen molar-refractivity contribution in [1.29, 1.82) is 0 Å². The van der Waals surface area contributed by atoms with Crippen LogP contribution in [-0.2, 0) is 6.42 Å². The van der Waals surface area contributed by atoms with Gasteiger partial charge in [0.2, 0.25) is 0 Å². The predicted molar refractivity (Wildman–Crippen MR) is 57.4 cm³/mol. The highest BCUT2D eigenvalue weighted by atomic mass is 16.5. The third-order valence-corrected chi connectivity index (χ3v) is 2.57. The first-order valence-corrected chi connectivity index (χ1v) is 4.94. The number of rotatable bonds is 2. The summed E-state index contributed by atoms with van der Waals surface area (Å²) in [4.78, 5) is 0. The Balaban J connectivity index is 2.43. The zero-order valence-corrected chi connectivity index (χ0v) is 8.20. The Bertz CT molecular complexity index is 346. The molecule has 1 heterocycles. The van der Waals surface area contributed by atoms with Crippen molar-refractivity contribution < 1.29 is 4.74 Å². The van der Waals surface area contributed by atoms with Crippen LogP contribution in [0.3, 0.4) is 0 Å². The van der Waals surface area contributed by atoms with Crippen molar-refractivity contribution in [3.05, 3.63) is 42.0 Å². The third kappa shape index (κ3) is 1.53. The summed E-state index contributed by atoms with van der Waals surface area (Å²) in [6, 6.07) is 6.28. The molecule has 0 saturated carbocycles. The van der Waals surface area contributed by atoms with Crippen LogP contribution >= 0.6 is 0 Å². The van der Waals surface area contributed by atoms with Crippen molar-refractivity contribution in [3.8, 4) is 5.75 Å². The Morgan fingerprint density at radius 3 is 3.21 bits per heavy atom. The van der Waals surface area contributed by atoms with E-state index in [1.54, 1.807) is 0 Å². The third-order valence-electron chi connectivity index (χ3n) is 2.57. The minimum absolute atomic E-state index is 0.128. The van der Waals surface area contributed by atoms with E-state index in [0.29, 0.717) is 0 Å². The van der Waals surface area contributed by atoms with Gasteiger partial charge in [0, 0.05) is 18.0 Å². The Kier molecular flexibility index (Phi) is 2.55. The summed E-state index contributed by atoms with van der Waals surface area (Å²) in [5.74, 6) is 0.978. The van der Waals surface area contributed by atoms with Gasteiger partial charge >= 0.3 is 0 Å². The molecule has 1 aliphatic heterocycles. The SMILES string of the molecule is C=CCc1cccc2c1OCCC2N. The van der Waals surface area contributed by atoms with Gasteiger partial charge in [-0.1, -0.05) is 24.3 Å². The van der Waals surface area contributed by atoms with Crippen LogP contribution in [0.4, 0.5) is 0 Å². The summed E-state index contributed by atoms with van der Waals surface area (Å²) >= 11 is 0. The second kappa shape index (κ2) is 3.84. The molecule has 0 spiro atoms. The molecule has 1 aromatic carbocycles. The van der Waals surface area contributed by atoms with E-state index in [4.69, 9.17) is 10.5 Å². The van der Waals surface area contributed by atoms with Gasteiger partial charge in [0.05, 0.1) is 6.61 Å². The number of benzene rings is 1. The molecule has 2 N–H and O–H groups in total. The zero-order chi connectivity index (χ0) is 9.97. The molecule has 0 saturated heterocycles. The number of para-hydroxylation sites is 1. The normalized spacial score (nSPS) is 19.6. The highest BCUT2D eigenvalue weighted by Gasteiger charge is 2.19. The van der Waals surface area contributed by atoms with Crippen molar-refractivity contribution in [2.45, 2.75) is 18.9 Å². The van der Waals surface area contributed by atoms with E-state index in [2.05, 4.69) is 12.6 Å². The van der Waals surface area contributed by atoms with E-state index in [-0.39, 0.29) is 6.04 Å². The fourth-order valence-electron chi connectivity index (χ4n) is 1.83. The molecule has 0 aromatic heterocycles. The van der Waals surface area contributed by atoms with Gasteiger partial charge in [-0.05, 0) is 12.0 Å². The molecule has 0 amide bonds. The van der Waals surface area contributed by atoms with Gasteiger partial charge in [0.15, 0.2) is 0 Å². The number of allylic oxidation sites excluding steroid dienone is 1. The topological polar surface area (TPSA) is 35.2 Å². The van der Waals surface area contributed by atoms with E-state index >= 15 is 0 Å². The lowest BCUT2D eigenvalue weighted by atomic mass is 9.97. The van der Waals surface area contributed by atoms with Gasteiger partial charge in [-0.15, -0.1) is 6.58 Å². The second-order valence-corrected chi connectivity index (χ2v) is 3.57. The minimum Gasteiger partial charge on any atom is -0.493 e. The summed E-state index contributed by atoms with van der Waals surface area (Å²) in [7, 11) is 0. The highest BCUT2D eigenvalue weighted by molar-refractivity contribution is 5.45. The highest BCUT2D eigenvalue weighted by Crippen LogP contribution is 2.33. The summed E-state index contributed by atoms with van der Waals surface area (Å²) in [6.07, 6.45) is 3.64. The number of hydrogen-bond donors (Lipinski definition) is 1. The lowest BCUT2D eigenvalue weighted by molar-refractivity contribution is 0.266. The molecule has 14 heavy (non-hydrogen) atoms. The Morgan fingerprint density at radius 1 is 1.57 bits per heavy atom. The van der Waals surface area contributed by atoms with Crippen molar-refractivity contribution in [1.82, 2.24) is 0 Å². The predicted octanol–water partition coefficient (Wildman–Crippen LogP) is 2.20. The maximum atomic E-state index is 6.01. The first-order chi connectivity index (χ1) is 6.83. The van der Waals surface area contributed by atoms with Gasteiger partial charge in [-0.3, -0.25) is 0 Å². The number of hydrogen-bond acceptors (Lipinski definition) is 2. The lowest BCUT2D eigenvalue weighted by Gasteiger charge is -2.24. The second-order valence-electron chi connectivity index (χ2n) is 3.57. The zero-order valence-electron chi connectivity index (χ0n) is 8.20. The van der Waals surface area contributed by atoms with Gasteiger partial charge in [-0.25, -0.2) is 0 Å². The molecule has 0 radical (unpaired) electrons. The number of nitrogens with two attached hydrogens (primary N) is 1. The molecular formula is C12H15NO. The monoisotopic (exact) mass is 189 g/mol. The van der Waals surface area contributed by atoms with E-state index in [9.17, 15) is 0 Å². The van der Waals surface area contributed by atoms with Gasteiger partial charge in [0.1, 0.15) is 5.75 Å². The average Bonchev–Trinajstić information content (AvgIpc) is 2.20. The summed E-state index contributed by atoms with van der Waals surface area (Å²) in [5.41, 5.74) is 8.33. The molecule has 2 nitrogen and oxygen atoms in total. The van der Waals surface area contributed by atoms with Gasteiger partial charge in [0.25, 0.3) is 0 Å². The fourth-order valence-corrected chi connectivity index (χ4v) is 1.83. The molecule has 1 atom stereocenters. The summed E-state index contributed by atoms with van der Waals surface area (Å²) in [5, 5.41) is 0. The smallest absolute Gasteiger partial charge is 0.127 e. The van der Waals surface area contributed by atoms with Crippen molar-refractivity contribution >= 4 is 0 Å². The molecule has 1 aliphatic rings. The Hall–Kier alpha value is -1.28. The number of ether oxygens (including phenoxy) is 1. The van der Waals surface area contributed by atoms with Crippen molar-refractivity contribution in [3.63, 3.8) is 0 Å². The molecule has 1 unspecified atom stereocenters. The first kappa shape index (κ1) is 9.28. The van der Waals surface area contributed by atoms with E-state index in [1.165, 1.54) is 5.56 Å². The van der Waals surface area contributed by atoms with Crippen molar-refractivity contribution in [2.75, 3.05) is 6.61 Å². The summed E-state index contributed by atoms with van der Waals surface area (Å²) in [6.45, 7) is 4.46. The largest absolute Gasteiger partial charge is 0.493 e. The van der Waals surface area contributed by atoms with Crippen LogP contribution in [0.25, 0.3) is 0 Å². The molecule has 0 fully saturated rings. The Labute approximate surface area is 84.4 Å². The minimum atomic E-state index is 0.128. The molecule has 2 heteroatoms. The lowest BCUT2D eigenvalue weighted by Crippen LogP contribution is -2.21. The standard InChI is InChI=1S/C12H15NO/c1-2-4-9-5-3-6-10-11(13)7-8-14-12(9)10/h2-3,5-6,11H,1,4,7-8,13H2. The van der Waals surface area contributed by atoms with Gasteiger partial charge in [-0.2, -0.15) is 0 Å². The van der Waals surface area contributed by atoms with Crippen LogP contribution in [-0.4, -0.2) is 6.61 Å². The summed E-state index contributed by atoms with van der Waals surface area (Å²) < 4.78 is 5.65. The maximum absolute atomic E-state index is 6.01. The molecule has 0 bridgehead atoms.